The number of hydrogen-bond donors (Lipinski definition) is 1. The lowest BCUT2D eigenvalue weighted by molar-refractivity contribution is -0.144. The van der Waals surface area contributed by atoms with Crippen molar-refractivity contribution in [3.05, 3.63) is 24.2 Å². The summed E-state index contributed by atoms with van der Waals surface area (Å²) in [5.74, 6) is -1.23. The fraction of sp³-hybridized carbons (Fsp3) is 0.455. The van der Waals surface area contributed by atoms with Crippen molar-refractivity contribution in [2.24, 2.45) is 11.8 Å². The molecule has 2 heterocycles. The molecule has 0 spiro atoms. The van der Waals surface area contributed by atoms with Gasteiger partial charge in [0.25, 0.3) is 5.91 Å². The van der Waals surface area contributed by atoms with E-state index in [0.29, 0.717) is 18.7 Å². The summed E-state index contributed by atoms with van der Waals surface area (Å²) in [5.41, 5.74) is 0.515. The third-order valence-electron chi connectivity index (χ3n) is 3.06. The molecule has 1 aromatic rings. The summed E-state index contributed by atoms with van der Waals surface area (Å²) in [7, 11) is 0. The van der Waals surface area contributed by atoms with E-state index in [-0.39, 0.29) is 11.8 Å². The van der Waals surface area contributed by atoms with Gasteiger partial charge in [-0.25, -0.2) is 0 Å². The molecule has 0 radical (unpaired) electrons. The number of likely N-dealkylation sites (tertiary alicyclic amines) is 1. The summed E-state index contributed by atoms with van der Waals surface area (Å²) in [4.78, 5) is 24.1. The molecule has 1 aliphatic rings. The number of aliphatic carboxylic acids is 1. The number of hydrogen-bond acceptors (Lipinski definition) is 3. The lowest BCUT2D eigenvalue weighted by atomic mass is 9.87. The second kappa shape index (κ2) is 4.00. The molecule has 0 saturated carbocycles. The number of amides is 1. The molecule has 86 valence electrons. The van der Waals surface area contributed by atoms with Crippen LogP contribution in [0, 0.1) is 11.8 Å². The minimum Gasteiger partial charge on any atom is -0.481 e. The Bertz CT molecular complexity index is 392. The maximum Gasteiger partial charge on any atom is 0.306 e. The second-order valence-electron chi connectivity index (χ2n) is 4.11. The van der Waals surface area contributed by atoms with Crippen LogP contribution in [0.2, 0.25) is 0 Å². The van der Waals surface area contributed by atoms with Gasteiger partial charge in [-0.05, 0) is 6.07 Å². The van der Waals surface area contributed by atoms with Gasteiger partial charge in [-0.1, -0.05) is 6.92 Å². The zero-order chi connectivity index (χ0) is 11.7. The van der Waals surface area contributed by atoms with E-state index in [1.54, 1.807) is 17.9 Å². The molecular weight excluding hydrogens is 210 g/mol. The molecule has 1 saturated heterocycles. The van der Waals surface area contributed by atoms with Gasteiger partial charge in [-0.2, -0.15) is 0 Å². The average Bonchev–Trinajstić information content (AvgIpc) is 2.67. The van der Waals surface area contributed by atoms with Gasteiger partial charge in [0.1, 0.15) is 6.26 Å². The van der Waals surface area contributed by atoms with Gasteiger partial charge < -0.3 is 14.4 Å². The molecule has 2 rings (SSSR count). The molecule has 1 aliphatic heterocycles. The highest BCUT2D eigenvalue weighted by Gasteiger charge is 2.37. The van der Waals surface area contributed by atoms with Crippen LogP contribution in [-0.4, -0.2) is 35.0 Å². The smallest absolute Gasteiger partial charge is 0.306 e. The van der Waals surface area contributed by atoms with E-state index in [0.717, 1.165) is 0 Å². The minimum absolute atomic E-state index is 0.0633. The van der Waals surface area contributed by atoms with E-state index in [1.807, 2.05) is 0 Å². The Morgan fingerprint density at radius 1 is 1.56 bits per heavy atom. The van der Waals surface area contributed by atoms with Crippen molar-refractivity contribution >= 4 is 11.9 Å². The van der Waals surface area contributed by atoms with E-state index in [9.17, 15) is 9.59 Å². The highest BCUT2D eigenvalue weighted by atomic mass is 16.4. The van der Waals surface area contributed by atoms with E-state index in [1.165, 1.54) is 12.5 Å². The van der Waals surface area contributed by atoms with Crippen LogP contribution in [-0.2, 0) is 4.79 Å². The number of carboxylic acid groups (broad SMARTS) is 1. The summed E-state index contributed by atoms with van der Waals surface area (Å²) in [6, 6.07) is 1.61. The van der Waals surface area contributed by atoms with Crippen LogP contribution >= 0.6 is 0 Å². The van der Waals surface area contributed by atoms with Crippen molar-refractivity contribution < 1.29 is 19.1 Å². The van der Waals surface area contributed by atoms with E-state index >= 15 is 0 Å². The van der Waals surface area contributed by atoms with Crippen LogP contribution in [0.5, 0.6) is 0 Å². The van der Waals surface area contributed by atoms with Gasteiger partial charge in [0.05, 0.1) is 17.7 Å². The Hall–Kier alpha value is -1.78. The van der Waals surface area contributed by atoms with Gasteiger partial charge in [0.15, 0.2) is 0 Å². The first-order chi connectivity index (χ1) is 7.59. The zero-order valence-corrected chi connectivity index (χ0v) is 8.92. The summed E-state index contributed by atoms with van der Waals surface area (Å²) in [5, 5.41) is 8.81. The predicted molar refractivity (Wildman–Crippen MR) is 54.9 cm³/mol. The molecule has 0 bridgehead atoms. The summed E-state index contributed by atoms with van der Waals surface area (Å²) in [6.45, 7) is 2.70. The second-order valence-corrected chi connectivity index (χ2v) is 4.11. The van der Waals surface area contributed by atoms with Crippen molar-refractivity contribution in [1.29, 1.82) is 0 Å². The lowest BCUT2D eigenvalue weighted by Gasteiger charge is -2.41. The number of carbonyl (C=O) groups is 2. The first-order valence-corrected chi connectivity index (χ1v) is 5.14. The van der Waals surface area contributed by atoms with Crippen molar-refractivity contribution in [3.63, 3.8) is 0 Å². The van der Waals surface area contributed by atoms with Gasteiger partial charge in [-0.3, -0.25) is 9.59 Å². The van der Waals surface area contributed by atoms with Crippen molar-refractivity contribution in [3.8, 4) is 0 Å². The van der Waals surface area contributed by atoms with Gasteiger partial charge >= 0.3 is 5.97 Å². The first-order valence-electron chi connectivity index (χ1n) is 5.14. The van der Waals surface area contributed by atoms with Crippen molar-refractivity contribution in [2.75, 3.05) is 13.1 Å². The Kier molecular flexibility index (Phi) is 2.68. The number of nitrogens with zero attached hydrogens (tertiary/aromatic N) is 1. The molecule has 1 amide bonds. The number of furan rings is 1. The van der Waals surface area contributed by atoms with Gasteiger partial charge in [0, 0.05) is 19.0 Å². The van der Waals surface area contributed by atoms with E-state index < -0.39 is 11.9 Å². The number of rotatable bonds is 3. The summed E-state index contributed by atoms with van der Waals surface area (Å²) in [6.07, 6.45) is 2.85. The SMILES string of the molecule is CC(C(=O)O)C1CN(C(=O)c2ccoc2)C1. The molecule has 0 aromatic carbocycles. The lowest BCUT2D eigenvalue weighted by Crippen LogP contribution is -2.53. The topological polar surface area (TPSA) is 70.8 Å². The summed E-state index contributed by atoms with van der Waals surface area (Å²) >= 11 is 0. The van der Waals surface area contributed by atoms with Crippen LogP contribution in [0.15, 0.2) is 23.0 Å². The highest BCUT2D eigenvalue weighted by molar-refractivity contribution is 5.94. The van der Waals surface area contributed by atoms with Crippen molar-refractivity contribution in [2.45, 2.75) is 6.92 Å². The van der Waals surface area contributed by atoms with Crippen LogP contribution in [0.1, 0.15) is 17.3 Å². The largest absolute Gasteiger partial charge is 0.481 e. The highest BCUT2D eigenvalue weighted by Crippen LogP contribution is 2.25. The maximum atomic E-state index is 11.7. The third-order valence-corrected chi connectivity index (χ3v) is 3.06. The van der Waals surface area contributed by atoms with Gasteiger partial charge in [0.2, 0.25) is 0 Å². The normalized spacial score (nSPS) is 17.9. The zero-order valence-electron chi connectivity index (χ0n) is 8.92. The Balaban J connectivity index is 1.89. The Morgan fingerprint density at radius 3 is 2.75 bits per heavy atom. The average molecular weight is 223 g/mol. The Labute approximate surface area is 92.7 Å². The molecule has 1 unspecified atom stereocenters. The fourth-order valence-electron chi connectivity index (χ4n) is 1.77. The summed E-state index contributed by atoms with van der Waals surface area (Å²) < 4.78 is 4.83. The number of carbonyl (C=O) groups excluding carboxylic acids is 1. The fourth-order valence-corrected chi connectivity index (χ4v) is 1.77. The van der Waals surface area contributed by atoms with Crippen LogP contribution in [0.3, 0.4) is 0 Å². The molecule has 5 heteroatoms. The van der Waals surface area contributed by atoms with Gasteiger partial charge in [-0.15, -0.1) is 0 Å². The molecule has 1 fully saturated rings. The molecular formula is C11H13NO4. The third kappa shape index (κ3) is 1.80. The molecule has 1 aromatic heterocycles. The molecule has 0 aliphatic carbocycles. The van der Waals surface area contributed by atoms with Crippen LogP contribution < -0.4 is 0 Å². The molecule has 16 heavy (non-hydrogen) atoms. The molecule has 5 nitrogen and oxygen atoms in total. The minimum atomic E-state index is -0.805. The number of carboxylic acids is 1. The molecule has 1 atom stereocenters. The van der Waals surface area contributed by atoms with E-state index in [2.05, 4.69) is 0 Å². The van der Waals surface area contributed by atoms with E-state index in [4.69, 9.17) is 9.52 Å². The predicted octanol–water partition coefficient (Wildman–Crippen LogP) is 1.07. The quantitative estimate of drug-likeness (QED) is 0.832. The van der Waals surface area contributed by atoms with Crippen LogP contribution in [0.25, 0.3) is 0 Å². The first kappa shape index (κ1) is 10.7. The Morgan fingerprint density at radius 2 is 2.25 bits per heavy atom. The molecule has 1 N–H and O–H groups in total. The van der Waals surface area contributed by atoms with Crippen LogP contribution in [0.4, 0.5) is 0 Å². The standard InChI is InChI=1S/C11H13NO4/c1-7(11(14)15)9-4-12(5-9)10(13)8-2-3-16-6-8/h2-3,6-7,9H,4-5H2,1H3,(H,14,15). The monoisotopic (exact) mass is 223 g/mol. The maximum absolute atomic E-state index is 11.7. The van der Waals surface area contributed by atoms with Crippen molar-refractivity contribution in [1.82, 2.24) is 4.90 Å².